The number of alkyl halides is 3. The molecule has 6 nitrogen and oxygen atoms in total. The molecule has 0 radical (unpaired) electrons. The maximum absolute atomic E-state index is 12.7. The first kappa shape index (κ1) is 16.7. The summed E-state index contributed by atoms with van der Waals surface area (Å²) in [6.45, 7) is -0.0206. The molecule has 0 unspecified atom stereocenters. The summed E-state index contributed by atoms with van der Waals surface area (Å²) in [5.41, 5.74) is 5.50. The first-order valence-corrected chi connectivity index (χ1v) is 7.25. The maximum atomic E-state index is 12.7. The van der Waals surface area contributed by atoms with E-state index in [0.29, 0.717) is 17.5 Å². The van der Waals surface area contributed by atoms with Gasteiger partial charge in [-0.1, -0.05) is 6.07 Å². The van der Waals surface area contributed by atoms with Crippen LogP contribution in [0, 0.1) is 0 Å². The van der Waals surface area contributed by atoms with Crippen LogP contribution in [0.15, 0.2) is 42.6 Å². The number of nitrogens with two attached hydrogens (primary N) is 1. The van der Waals surface area contributed by atoms with E-state index in [-0.39, 0.29) is 12.4 Å². The van der Waals surface area contributed by atoms with Gasteiger partial charge < -0.3 is 15.0 Å². The zero-order valence-electron chi connectivity index (χ0n) is 13.2. The summed E-state index contributed by atoms with van der Waals surface area (Å²) in [6, 6.07) is 8.08. The van der Waals surface area contributed by atoms with Crippen molar-refractivity contribution in [2.75, 3.05) is 5.73 Å². The monoisotopic (exact) mass is 349 g/mol. The molecule has 3 aromatic rings. The Morgan fingerprint density at radius 3 is 2.64 bits per heavy atom. The van der Waals surface area contributed by atoms with E-state index < -0.39 is 11.7 Å². The van der Waals surface area contributed by atoms with Crippen LogP contribution in [0.1, 0.15) is 11.4 Å². The number of rotatable bonds is 4. The summed E-state index contributed by atoms with van der Waals surface area (Å²) >= 11 is 0. The van der Waals surface area contributed by atoms with E-state index in [9.17, 15) is 13.2 Å². The number of ether oxygens (including phenoxy) is 1. The van der Waals surface area contributed by atoms with Crippen molar-refractivity contribution in [3.63, 3.8) is 0 Å². The van der Waals surface area contributed by atoms with Crippen LogP contribution in [0.25, 0.3) is 11.4 Å². The second kappa shape index (κ2) is 6.42. The van der Waals surface area contributed by atoms with E-state index in [2.05, 4.69) is 15.2 Å². The molecule has 2 N–H and O–H groups in total. The van der Waals surface area contributed by atoms with Crippen molar-refractivity contribution in [2.24, 2.45) is 7.05 Å². The zero-order valence-corrected chi connectivity index (χ0v) is 13.2. The van der Waals surface area contributed by atoms with Crippen LogP contribution < -0.4 is 10.5 Å². The molecule has 3 rings (SSSR count). The number of aromatic nitrogens is 4. The molecular weight excluding hydrogens is 335 g/mol. The van der Waals surface area contributed by atoms with Gasteiger partial charge in [-0.3, -0.25) is 0 Å². The predicted molar refractivity (Wildman–Crippen MR) is 84.4 cm³/mol. The van der Waals surface area contributed by atoms with Gasteiger partial charge in [0.2, 0.25) is 0 Å². The van der Waals surface area contributed by atoms with Crippen LogP contribution in [0.4, 0.5) is 19.0 Å². The lowest BCUT2D eigenvalue weighted by Crippen LogP contribution is -2.07. The first-order chi connectivity index (χ1) is 11.8. The summed E-state index contributed by atoms with van der Waals surface area (Å²) < 4.78 is 45.3. The van der Waals surface area contributed by atoms with Crippen LogP contribution in [0.2, 0.25) is 0 Å². The summed E-state index contributed by atoms with van der Waals surface area (Å²) in [7, 11) is 1.73. The van der Waals surface area contributed by atoms with Crippen molar-refractivity contribution in [1.82, 2.24) is 19.7 Å². The minimum Gasteiger partial charge on any atom is -0.486 e. The molecule has 130 valence electrons. The zero-order chi connectivity index (χ0) is 18.0. The molecule has 9 heteroatoms. The van der Waals surface area contributed by atoms with Crippen molar-refractivity contribution < 1.29 is 17.9 Å². The number of pyridine rings is 1. The summed E-state index contributed by atoms with van der Waals surface area (Å²) in [4.78, 5) is 3.99. The predicted octanol–water partition coefficient (Wildman–Crippen LogP) is 3.06. The van der Waals surface area contributed by atoms with Gasteiger partial charge >= 0.3 is 6.18 Å². The standard InChI is InChI=1S/C16H14F3N5O/c1-24-14(22-23-15(24)10-5-6-13(20)21-8-10)9-25-12-4-2-3-11(7-12)16(17,18)19/h2-8H,9H2,1H3,(H2,20,21). The number of benzene rings is 1. The second-order valence-corrected chi connectivity index (χ2v) is 5.28. The lowest BCUT2D eigenvalue weighted by Gasteiger charge is -2.10. The van der Waals surface area contributed by atoms with Crippen molar-refractivity contribution in [1.29, 1.82) is 0 Å². The third-order valence-electron chi connectivity index (χ3n) is 3.54. The van der Waals surface area contributed by atoms with Crippen molar-refractivity contribution in [3.05, 3.63) is 54.0 Å². The quantitative estimate of drug-likeness (QED) is 0.783. The highest BCUT2D eigenvalue weighted by Gasteiger charge is 2.30. The number of nitrogen functional groups attached to an aromatic ring is 1. The van der Waals surface area contributed by atoms with Gasteiger partial charge in [0.25, 0.3) is 0 Å². The summed E-state index contributed by atoms with van der Waals surface area (Å²) in [5, 5.41) is 8.06. The average molecular weight is 349 g/mol. The molecule has 0 aliphatic rings. The molecule has 0 aliphatic heterocycles. The largest absolute Gasteiger partial charge is 0.486 e. The van der Waals surface area contributed by atoms with Gasteiger partial charge in [-0.25, -0.2) is 4.98 Å². The molecule has 0 spiro atoms. The van der Waals surface area contributed by atoms with Crippen LogP contribution >= 0.6 is 0 Å². The van der Waals surface area contributed by atoms with Gasteiger partial charge in [0.15, 0.2) is 11.6 Å². The molecule has 25 heavy (non-hydrogen) atoms. The molecular formula is C16H14F3N5O. The molecule has 2 aromatic heterocycles. The second-order valence-electron chi connectivity index (χ2n) is 5.28. The first-order valence-electron chi connectivity index (χ1n) is 7.25. The Morgan fingerprint density at radius 1 is 1.16 bits per heavy atom. The minimum atomic E-state index is -4.42. The Morgan fingerprint density at radius 2 is 1.96 bits per heavy atom. The Hall–Kier alpha value is -3.10. The Labute approximate surface area is 141 Å². The van der Waals surface area contributed by atoms with Crippen molar-refractivity contribution in [2.45, 2.75) is 12.8 Å². The number of hydrogen-bond donors (Lipinski definition) is 1. The minimum absolute atomic E-state index is 0.0206. The fourth-order valence-electron chi connectivity index (χ4n) is 2.19. The highest BCUT2D eigenvalue weighted by atomic mass is 19.4. The van der Waals surface area contributed by atoms with E-state index in [0.717, 1.165) is 17.7 Å². The molecule has 0 aliphatic carbocycles. The van der Waals surface area contributed by atoms with E-state index in [1.54, 1.807) is 29.9 Å². The molecule has 0 bridgehead atoms. The summed E-state index contributed by atoms with van der Waals surface area (Å²) in [6.07, 6.45) is -2.85. The van der Waals surface area contributed by atoms with Gasteiger partial charge in [-0.2, -0.15) is 13.2 Å². The molecule has 2 heterocycles. The van der Waals surface area contributed by atoms with Crippen LogP contribution in [0.3, 0.4) is 0 Å². The molecule has 0 saturated heterocycles. The number of anilines is 1. The maximum Gasteiger partial charge on any atom is 0.416 e. The molecule has 0 amide bonds. The number of halogens is 3. The smallest absolute Gasteiger partial charge is 0.416 e. The third-order valence-corrected chi connectivity index (χ3v) is 3.54. The molecule has 1 aromatic carbocycles. The van der Waals surface area contributed by atoms with E-state index in [4.69, 9.17) is 10.5 Å². The lowest BCUT2D eigenvalue weighted by molar-refractivity contribution is -0.137. The highest BCUT2D eigenvalue weighted by molar-refractivity contribution is 5.55. The Kier molecular flexibility index (Phi) is 4.30. The highest BCUT2D eigenvalue weighted by Crippen LogP contribution is 2.31. The van der Waals surface area contributed by atoms with Crippen molar-refractivity contribution in [3.8, 4) is 17.1 Å². The molecule has 0 atom stereocenters. The van der Waals surface area contributed by atoms with E-state index in [1.165, 1.54) is 12.1 Å². The van der Waals surface area contributed by atoms with Crippen LogP contribution in [-0.2, 0) is 19.8 Å². The van der Waals surface area contributed by atoms with Gasteiger partial charge in [-0.15, -0.1) is 10.2 Å². The number of nitrogens with zero attached hydrogens (tertiary/aromatic N) is 4. The SMILES string of the molecule is Cn1c(COc2cccc(C(F)(F)F)c2)nnc1-c1ccc(N)nc1. The lowest BCUT2D eigenvalue weighted by atomic mass is 10.2. The third kappa shape index (κ3) is 3.70. The molecule has 0 saturated carbocycles. The average Bonchev–Trinajstić information content (AvgIpc) is 2.94. The fraction of sp³-hybridized carbons (Fsp3) is 0.188. The fourth-order valence-corrected chi connectivity index (χ4v) is 2.19. The van der Waals surface area contributed by atoms with Gasteiger partial charge in [0, 0.05) is 18.8 Å². The summed E-state index contributed by atoms with van der Waals surface area (Å²) in [5.74, 6) is 1.51. The Bertz CT molecular complexity index is 874. The van der Waals surface area contributed by atoms with Gasteiger partial charge in [0.05, 0.1) is 5.56 Å². The van der Waals surface area contributed by atoms with E-state index >= 15 is 0 Å². The van der Waals surface area contributed by atoms with Gasteiger partial charge in [-0.05, 0) is 30.3 Å². The van der Waals surface area contributed by atoms with Crippen molar-refractivity contribution >= 4 is 5.82 Å². The van der Waals surface area contributed by atoms with Gasteiger partial charge in [0.1, 0.15) is 18.2 Å². The van der Waals surface area contributed by atoms with Crippen LogP contribution in [0.5, 0.6) is 5.75 Å². The normalized spacial score (nSPS) is 11.5. The molecule has 0 fully saturated rings. The number of hydrogen-bond acceptors (Lipinski definition) is 5. The van der Waals surface area contributed by atoms with Crippen LogP contribution in [-0.4, -0.2) is 19.7 Å². The Balaban J connectivity index is 1.76. The van der Waals surface area contributed by atoms with E-state index in [1.807, 2.05) is 0 Å². The topological polar surface area (TPSA) is 78.8 Å².